The van der Waals surface area contributed by atoms with Crippen molar-refractivity contribution in [2.24, 2.45) is 5.73 Å². The third-order valence-electron chi connectivity index (χ3n) is 2.64. The molecule has 0 bridgehead atoms. The summed E-state index contributed by atoms with van der Waals surface area (Å²) in [5, 5.41) is 12.9. The van der Waals surface area contributed by atoms with Gasteiger partial charge >= 0.3 is 6.03 Å². The molecule has 0 radical (unpaired) electrons. The van der Waals surface area contributed by atoms with E-state index in [1.807, 2.05) is 17.5 Å². The Morgan fingerprint density at radius 2 is 2.40 bits per heavy atom. The third kappa shape index (κ3) is 3.89. The molecule has 0 saturated heterocycles. The van der Waals surface area contributed by atoms with Crippen molar-refractivity contribution in [3.63, 3.8) is 0 Å². The maximum absolute atomic E-state index is 10.8. The lowest BCUT2D eigenvalue weighted by Crippen LogP contribution is -2.38. The second kappa shape index (κ2) is 6.65. The van der Waals surface area contributed by atoms with Crippen molar-refractivity contribution in [2.45, 2.75) is 19.4 Å². The topological polar surface area (TPSA) is 79.4 Å². The van der Waals surface area contributed by atoms with Crippen LogP contribution in [0.1, 0.15) is 21.7 Å². The predicted molar refractivity (Wildman–Crippen MR) is 80.9 cm³/mol. The van der Waals surface area contributed by atoms with E-state index in [9.17, 15) is 10.0 Å². The summed E-state index contributed by atoms with van der Waals surface area (Å²) in [4.78, 5) is 17.3. The first kappa shape index (κ1) is 14.7. The quantitative estimate of drug-likeness (QED) is 0.658. The van der Waals surface area contributed by atoms with Crippen molar-refractivity contribution in [1.29, 1.82) is 0 Å². The number of nitrogens with zero attached hydrogens (tertiary/aromatic N) is 2. The van der Waals surface area contributed by atoms with Crippen LogP contribution < -0.4 is 5.73 Å². The molecule has 0 aromatic carbocycles. The second-order valence-electron chi connectivity index (χ2n) is 4.19. The molecule has 3 N–H and O–H groups in total. The van der Waals surface area contributed by atoms with Crippen molar-refractivity contribution < 1.29 is 10.0 Å². The summed E-state index contributed by atoms with van der Waals surface area (Å²) in [6.07, 6.45) is 6.23. The molecule has 7 heteroatoms. The van der Waals surface area contributed by atoms with Gasteiger partial charge in [-0.15, -0.1) is 22.7 Å². The van der Waals surface area contributed by atoms with Gasteiger partial charge in [-0.1, -0.05) is 6.08 Å². The van der Waals surface area contributed by atoms with Gasteiger partial charge in [0.15, 0.2) is 0 Å². The van der Waals surface area contributed by atoms with Gasteiger partial charge in [-0.2, -0.15) is 5.06 Å². The largest absolute Gasteiger partial charge is 0.350 e. The lowest BCUT2D eigenvalue weighted by Gasteiger charge is -2.16. The molecule has 106 valence electrons. The number of thiazole rings is 1. The minimum absolute atomic E-state index is 0.461. The number of amides is 2. The van der Waals surface area contributed by atoms with Crippen LogP contribution in [0, 0.1) is 0 Å². The predicted octanol–water partition coefficient (Wildman–Crippen LogP) is 2.97. The monoisotopic (exact) mass is 309 g/mol. The van der Waals surface area contributed by atoms with Crippen LogP contribution in [-0.2, 0) is 6.42 Å². The molecule has 2 aromatic rings. The Morgan fingerprint density at radius 1 is 1.60 bits per heavy atom. The summed E-state index contributed by atoms with van der Waals surface area (Å²) in [5.41, 5.74) is 4.99. The van der Waals surface area contributed by atoms with E-state index < -0.39 is 12.1 Å². The summed E-state index contributed by atoms with van der Waals surface area (Å²) in [7, 11) is 0. The van der Waals surface area contributed by atoms with Crippen molar-refractivity contribution in [3.05, 3.63) is 44.5 Å². The maximum Gasteiger partial charge on any atom is 0.339 e. The molecule has 20 heavy (non-hydrogen) atoms. The first-order chi connectivity index (χ1) is 9.56. The number of nitrogens with two attached hydrogens (primary N) is 1. The van der Waals surface area contributed by atoms with E-state index in [0.717, 1.165) is 16.3 Å². The van der Waals surface area contributed by atoms with E-state index >= 15 is 0 Å². The molecule has 1 unspecified atom stereocenters. The molecule has 2 amide bonds. The third-order valence-corrected chi connectivity index (χ3v) is 4.47. The fraction of sp³-hybridized carbons (Fsp3) is 0.231. The number of rotatable bonds is 5. The van der Waals surface area contributed by atoms with Crippen molar-refractivity contribution >= 4 is 34.8 Å². The molecule has 2 aromatic heterocycles. The molecule has 0 aliphatic rings. The minimum atomic E-state index is -0.863. The zero-order valence-electron chi connectivity index (χ0n) is 10.9. The van der Waals surface area contributed by atoms with Crippen LogP contribution >= 0.6 is 22.7 Å². The van der Waals surface area contributed by atoms with Crippen LogP contribution in [0.3, 0.4) is 0 Å². The second-order valence-corrected chi connectivity index (χ2v) is 6.37. The number of hydrogen-bond donors (Lipinski definition) is 2. The van der Waals surface area contributed by atoms with Crippen LogP contribution in [-0.4, -0.2) is 27.3 Å². The summed E-state index contributed by atoms with van der Waals surface area (Å²) in [5.74, 6) is 0. The van der Waals surface area contributed by atoms with Gasteiger partial charge in [0.05, 0.1) is 11.0 Å². The fourth-order valence-corrected chi connectivity index (χ4v) is 3.25. The van der Waals surface area contributed by atoms with E-state index in [0.29, 0.717) is 5.06 Å². The highest BCUT2D eigenvalue weighted by Crippen LogP contribution is 2.22. The zero-order valence-corrected chi connectivity index (χ0v) is 12.5. The molecule has 0 fully saturated rings. The van der Waals surface area contributed by atoms with Crippen molar-refractivity contribution in [1.82, 2.24) is 10.0 Å². The normalized spacial score (nSPS) is 12.7. The molecular weight excluding hydrogens is 294 g/mol. The highest BCUT2D eigenvalue weighted by atomic mass is 32.1. The summed E-state index contributed by atoms with van der Waals surface area (Å²) in [6.45, 7) is 1.69. The smallest absolute Gasteiger partial charge is 0.339 e. The fourth-order valence-electron chi connectivity index (χ4n) is 1.58. The van der Waals surface area contributed by atoms with E-state index in [1.54, 1.807) is 41.9 Å². The van der Waals surface area contributed by atoms with Crippen LogP contribution in [0.25, 0.3) is 6.08 Å². The van der Waals surface area contributed by atoms with Gasteiger partial charge in [0, 0.05) is 27.8 Å². The standard InChI is InChI=1S/C13H15N3O2S2/c1-9(16(18)13(14)17)2-3-10-4-5-11(20-10)8-12-15-6-7-19-12/h2-7,9,18H,8H2,1H3,(H2,14,17)/b3-2-. The number of hydrogen-bond acceptors (Lipinski definition) is 5. The molecule has 0 aliphatic heterocycles. The highest BCUT2D eigenvalue weighted by Gasteiger charge is 2.11. The Bertz CT molecular complexity index is 593. The highest BCUT2D eigenvalue weighted by molar-refractivity contribution is 7.13. The summed E-state index contributed by atoms with van der Waals surface area (Å²) >= 11 is 3.30. The lowest BCUT2D eigenvalue weighted by molar-refractivity contribution is -0.0560. The molecule has 5 nitrogen and oxygen atoms in total. The molecule has 1 atom stereocenters. The number of aromatic nitrogens is 1. The summed E-state index contributed by atoms with van der Waals surface area (Å²) < 4.78 is 0. The zero-order chi connectivity index (χ0) is 14.5. The van der Waals surface area contributed by atoms with Crippen molar-refractivity contribution in [3.8, 4) is 0 Å². The maximum atomic E-state index is 10.8. The minimum Gasteiger partial charge on any atom is -0.350 e. The average molecular weight is 309 g/mol. The Kier molecular flexibility index (Phi) is 4.89. The van der Waals surface area contributed by atoms with E-state index in [1.165, 1.54) is 4.88 Å². The first-order valence-corrected chi connectivity index (χ1v) is 7.68. The molecule has 0 saturated carbocycles. The first-order valence-electron chi connectivity index (χ1n) is 5.99. The number of urea groups is 1. The van der Waals surface area contributed by atoms with Crippen LogP contribution in [0.2, 0.25) is 0 Å². The van der Waals surface area contributed by atoms with Gasteiger partial charge in [-0.05, 0) is 25.1 Å². The Balaban J connectivity index is 1.97. The Morgan fingerprint density at radius 3 is 3.05 bits per heavy atom. The molecule has 2 heterocycles. The van der Waals surface area contributed by atoms with Gasteiger partial charge in [0.2, 0.25) is 0 Å². The molecule has 0 spiro atoms. The molecular formula is C13H15N3O2S2. The van der Waals surface area contributed by atoms with E-state index in [2.05, 4.69) is 11.1 Å². The van der Waals surface area contributed by atoms with Gasteiger partial charge in [-0.25, -0.2) is 9.78 Å². The van der Waals surface area contributed by atoms with E-state index in [4.69, 9.17) is 5.73 Å². The average Bonchev–Trinajstić information content (AvgIpc) is 3.07. The number of thiophene rings is 1. The van der Waals surface area contributed by atoms with Gasteiger partial charge < -0.3 is 5.73 Å². The molecule has 2 rings (SSSR count). The Hall–Kier alpha value is -1.70. The number of carbonyl (C=O) groups is 1. The number of hydroxylamine groups is 2. The van der Waals surface area contributed by atoms with Crippen molar-refractivity contribution in [2.75, 3.05) is 0 Å². The van der Waals surface area contributed by atoms with E-state index in [-0.39, 0.29) is 0 Å². The van der Waals surface area contributed by atoms with Gasteiger partial charge in [-0.3, -0.25) is 5.21 Å². The molecule has 0 aliphatic carbocycles. The summed E-state index contributed by atoms with van der Waals surface area (Å²) in [6, 6.07) is 2.74. The van der Waals surface area contributed by atoms with Gasteiger partial charge in [0.25, 0.3) is 0 Å². The van der Waals surface area contributed by atoms with Gasteiger partial charge in [0.1, 0.15) is 0 Å². The van der Waals surface area contributed by atoms with Crippen LogP contribution in [0.4, 0.5) is 4.79 Å². The number of carbonyl (C=O) groups excluding carboxylic acids is 1. The lowest BCUT2D eigenvalue weighted by atomic mass is 10.3. The van der Waals surface area contributed by atoms with Crippen LogP contribution in [0.5, 0.6) is 0 Å². The SMILES string of the molecule is CC(/C=C\c1ccc(Cc2nccs2)s1)N(O)C(N)=O. The van der Waals surface area contributed by atoms with Crippen LogP contribution in [0.15, 0.2) is 29.8 Å². The number of primary amides is 1. The Labute approximate surface area is 124 Å².